The molecule has 0 aromatic heterocycles. The molecule has 1 aromatic rings. The molecule has 88 valence electrons. The van der Waals surface area contributed by atoms with Crippen LogP contribution in [0.5, 0.6) is 5.75 Å². The van der Waals surface area contributed by atoms with E-state index in [0.717, 1.165) is 36.3 Å². The van der Waals surface area contributed by atoms with E-state index in [1.54, 1.807) is 0 Å². The second-order valence-corrected chi connectivity index (χ2v) is 5.19. The molecule has 0 amide bonds. The molecule has 1 aromatic carbocycles. The third-order valence-electron chi connectivity index (χ3n) is 3.04. The minimum atomic E-state index is 0.674. The Morgan fingerprint density at radius 1 is 1.50 bits per heavy atom. The predicted octanol–water partition coefficient (Wildman–Crippen LogP) is 3.00. The molecular formula is C13H18BrNO. The van der Waals surface area contributed by atoms with Crippen molar-refractivity contribution in [1.29, 1.82) is 0 Å². The van der Waals surface area contributed by atoms with Crippen molar-refractivity contribution in [1.82, 2.24) is 5.32 Å². The summed E-state index contributed by atoms with van der Waals surface area (Å²) in [5.74, 6) is 1.71. The number of nitrogens with one attached hydrogen (secondary N) is 1. The summed E-state index contributed by atoms with van der Waals surface area (Å²) in [6, 6.07) is 6.24. The van der Waals surface area contributed by atoms with E-state index in [-0.39, 0.29) is 0 Å². The smallest absolute Gasteiger partial charge is 0.122 e. The molecule has 0 spiro atoms. The summed E-state index contributed by atoms with van der Waals surface area (Å²) < 4.78 is 7.03. The number of halogens is 1. The first-order chi connectivity index (χ1) is 7.79. The van der Waals surface area contributed by atoms with Gasteiger partial charge in [-0.15, -0.1) is 0 Å². The molecule has 1 heterocycles. The summed E-state index contributed by atoms with van der Waals surface area (Å²) in [6.07, 6.45) is 2.25. The van der Waals surface area contributed by atoms with Crippen LogP contribution < -0.4 is 10.1 Å². The van der Waals surface area contributed by atoms with Gasteiger partial charge in [-0.25, -0.2) is 0 Å². The first-order valence-corrected chi connectivity index (χ1v) is 6.71. The molecule has 1 fully saturated rings. The number of hydrogen-bond acceptors (Lipinski definition) is 2. The molecular weight excluding hydrogens is 266 g/mol. The van der Waals surface area contributed by atoms with Gasteiger partial charge >= 0.3 is 0 Å². The third-order valence-corrected chi connectivity index (χ3v) is 3.53. The summed E-state index contributed by atoms with van der Waals surface area (Å²) in [4.78, 5) is 0. The quantitative estimate of drug-likeness (QED) is 0.917. The van der Waals surface area contributed by atoms with Crippen molar-refractivity contribution in [2.45, 2.75) is 19.8 Å². The lowest BCUT2D eigenvalue weighted by Crippen LogP contribution is -2.15. The van der Waals surface area contributed by atoms with Crippen molar-refractivity contribution < 1.29 is 4.74 Å². The SMILES string of the molecule is CCc1cc(Br)ccc1OCC1CCNC1. The maximum atomic E-state index is 5.91. The largest absolute Gasteiger partial charge is 0.493 e. The Morgan fingerprint density at radius 3 is 3.06 bits per heavy atom. The van der Waals surface area contributed by atoms with Gasteiger partial charge in [0, 0.05) is 16.9 Å². The monoisotopic (exact) mass is 283 g/mol. The van der Waals surface area contributed by atoms with Gasteiger partial charge in [0.15, 0.2) is 0 Å². The lowest BCUT2D eigenvalue weighted by Gasteiger charge is -2.14. The topological polar surface area (TPSA) is 21.3 Å². The molecule has 16 heavy (non-hydrogen) atoms. The molecule has 1 N–H and O–H groups in total. The second kappa shape index (κ2) is 5.69. The highest BCUT2D eigenvalue weighted by Gasteiger charge is 2.15. The van der Waals surface area contributed by atoms with Crippen LogP contribution in [0.4, 0.5) is 0 Å². The lowest BCUT2D eigenvalue weighted by atomic mass is 10.1. The first kappa shape index (κ1) is 11.9. The number of aryl methyl sites for hydroxylation is 1. The van der Waals surface area contributed by atoms with Crippen LogP contribution >= 0.6 is 15.9 Å². The van der Waals surface area contributed by atoms with Crippen molar-refractivity contribution in [3.63, 3.8) is 0 Å². The molecule has 1 aliphatic heterocycles. The average molecular weight is 284 g/mol. The second-order valence-electron chi connectivity index (χ2n) is 4.28. The van der Waals surface area contributed by atoms with Crippen molar-refractivity contribution in [2.75, 3.05) is 19.7 Å². The van der Waals surface area contributed by atoms with Gasteiger partial charge in [0.05, 0.1) is 6.61 Å². The fraction of sp³-hybridized carbons (Fsp3) is 0.538. The molecule has 1 saturated heterocycles. The predicted molar refractivity (Wildman–Crippen MR) is 70.0 cm³/mol. The van der Waals surface area contributed by atoms with Crippen LogP contribution in [0.3, 0.4) is 0 Å². The Hall–Kier alpha value is -0.540. The number of rotatable bonds is 4. The molecule has 0 bridgehead atoms. The minimum Gasteiger partial charge on any atom is -0.493 e. The highest BCUT2D eigenvalue weighted by Crippen LogP contribution is 2.24. The fourth-order valence-electron chi connectivity index (χ4n) is 2.03. The molecule has 1 unspecified atom stereocenters. The summed E-state index contributed by atoms with van der Waals surface area (Å²) in [6.45, 7) is 5.22. The van der Waals surface area contributed by atoms with Gasteiger partial charge in [0.2, 0.25) is 0 Å². The van der Waals surface area contributed by atoms with Crippen LogP contribution in [-0.2, 0) is 6.42 Å². The maximum Gasteiger partial charge on any atom is 0.122 e. The Labute approximate surface area is 106 Å². The summed E-state index contributed by atoms with van der Waals surface area (Å²) in [7, 11) is 0. The normalized spacial score (nSPS) is 20.0. The number of ether oxygens (including phenoxy) is 1. The molecule has 0 radical (unpaired) electrons. The molecule has 0 aliphatic carbocycles. The maximum absolute atomic E-state index is 5.91. The Kier molecular flexibility index (Phi) is 4.24. The highest BCUT2D eigenvalue weighted by molar-refractivity contribution is 9.10. The Balaban J connectivity index is 1.97. The van der Waals surface area contributed by atoms with E-state index in [1.165, 1.54) is 12.0 Å². The van der Waals surface area contributed by atoms with Crippen LogP contribution in [0.2, 0.25) is 0 Å². The van der Waals surface area contributed by atoms with Crippen molar-refractivity contribution in [3.05, 3.63) is 28.2 Å². The van der Waals surface area contributed by atoms with Crippen molar-refractivity contribution in [2.24, 2.45) is 5.92 Å². The van der Waals surface area contributed by atoms with Crippen LogP contribution in [-0.4, -0.2) is 19.7 Å². The van der Waals surface area contributed by atoms with Crippen LogP contribution in [0.25, 0.3) is 0 Å². The zero-order chi connectivity index (χ0) is 11.4. The van der Waals surface area contributed by atoms with E-state index < -0.39 is 0 Å². The van der Waals surface area contributed by atoms with Crippen molar-refractivity contribution in [3.8, 4) is 5.75 Å². The molecule has 2 nitrogen and oxygen atoms in total. The van der Waals surface area contributed by atoms with Gasteiger partial charge in [-0.05, 0) is 43.1 Å². The number of benzene rings is 1. The van der Waals surface area contributed by atoms with Gasteiger partial charge in [-0.2, -0.15) is 0 Å². The van der Waals surface area contributed by atoms with E-state index in [9.17, 15) is 0 Å². The fourth-order valence-corrected chi connectivity index (χ4v) is 2.44. The van der Waals surface area contributed by atoms with Gasteiger partial charge in [-0.3, -0.25) is 0 Å². The van der Waals surface area contributed by atoms with E-state index in [1.807, 2.05) is 6.07 Å². The molecule has 1 atom stereocenters. The van der Waals surface area contributed by atoms with Crippen LogP contribution in [0.15, 0.2) is 22.7 Å². The zero-order valence-electron chi connectivity index (χ0n) is 9.63. The lowest BCUT2D eigenvalue weighted by molar-refractivity contribution is 0.258. The molecule has 0 saturated carbocycles. The summed E-state index contributed by atoms with van der Waals surface area (Å²) in [5, 5.41) is 3.36. The standard InChI is InChI=1S/C13H18BrNO/c1-2-11-7-12(14)3-4-13(11)16-9-10-5-6-15-8-10/h3-4,7,10,15H,2,5-6,8-9H2,1H3. The first-order valence-electron chi connectivity index (χ1n) is 5.91. The third kappa shape index (κ3) is 2.98. The summed E-state index contributed by atoms with van der Waals surface area (Å²) >= 11 is 3.49. The van der Waals surface area contributed by atoms with E-state index in [0.29, 0.717) is 5.92 Å². The van der Waals surface area contributed by atoms with Gasteiger partial charge in [0.1, 0.15) is 5.75 Å². The zero-order valence-corrected chi connectivity index (χ0v) is 11.2. The molecule has 2 rings (SSSR count). The van der Waals surface area contributed by atoms with Gasteiger partial charge in [0.25, 0.3) is 0 Å². The molecule has 3 heteroatoms. The molecule has 1 aliphatic rings. The summed E-state index contributed by atoms with van der Waals surface area (Å²) in [5.41, 5.74) is 1.28. The van der Waals surface area contributed by atoms with E-state index in [4.69, 9.17) is 4.74 Å². The Morgan fingerprint density at radius 2 is 2.38 bits per heavy atom. The minimum absolute atomic E-state index is 0.674. The van der Waals surface area contributed by atoms with Crippen molar-refractivity contribution >= 4 is 15.9 Å². The average Bonchev–Trinajstić information content (AvgIpc) is 2.80. The number of hydrogen-bond donors (Lipinski definition) is 1. The van der Waals surface area contributed by atoms with Crippen LogP contribution in [0, 0.1) is 5.92 Å². The van der Waals surface area contributed by atoms with Gasteiger partial charge in [-0.1, -0.05) is 22.9 Å². The van der Waals surface area contributed by atoms with E-state index in [2.05, 4.69) is 40.3 Å². The Bertz CT molecular complexity index is 348. The van der Waals surface area contributed by atoms with E-state index >= 15 is 0 Å². The highest BCUT2D eigenvalue weighted by atomic mass is 79.9. The van der Waals surface area contributed by atoms with Gasteiger partial charge < -0.3 is 10.1 Å². The van der Waals surface area contributed by atoms with Crippen LogP contribution in [0.1, 0.15) is 18.9 Å².